The third-order valence-electron chi connectivity index (χ3n) is 2.94. The van der Waals surface area contributed by atoms with Gasteiger partial charge in [0, 0.05) is 18.7 Å². The molecule has 0 fully saturated rings. The normalized spacial score (nSPS) is 12.9. The van der Waals surface area contributed by atoms with E-state index >= 15 is 0 Å². The van der Waals surface area contributed by atoms with E-state index in [2.05, 4.69) is 10.1 Å². The van der Waals surface area contributed by atoms with Crippen LogP contribution in [0, 0.1) is 10.1 Å². The van der Waals surface area contributed by atoms with Crippen molar-refractivity contribution in [2.45, 2.75) is 18.7 Å². The van der Waals surface area contributed by atoms with E-state index in [1.807, 2.05) is 0 Å². The summed E-state index contributed by atoms with van der Waals surface area (Å²) in [6, 6.07) is 3.89. The molecular formula is C14H15F3N2O5. The molecule has 0 amide bonds. The van der Waals surface area contributed by atoms with E-state index < -0.39 is 29.6 Å². The standard InChI is InChI=1S/C14H15F3N2O5/c1-24-13(21)5-3-9-2-4-10(11(8-9)19(22)23)18-7-6-12(20)14(15,16)17/h2-5,8,12,18,20H,6-7H2,1H3/b5-3-/t12-/m0/s1. The predicted molar refractivity (Wildman–Crippen MR) is 79.3 cm³/mol. The number of aliphatic hydroxyl groups excluding tert-OH is 1. The van der Waals surface area contributed by atoms with Crippen molar-refractivity contribution in [3.8, 4) is 0 Å². The van der Waals surface area contributed by atoms with Crippen molar-refractivity contribution >= 4 is 23.4 Å². The second-order valence-electron chi connectivity index (χ2n) is 4.66. The molecule has 0 aliphatic carbocycles. The van der Waals surface area contributed by atoms with Crippen molar-refractivity contribution in [2.24, 2.45) is 0 Å². The highest BCUT2D eigenvalue weighted by Gasteiger charge is 2.37. The maximum Gasteiger partial charge on any atom is 0.414 e. The molecule has 0 aliphatic rings. The molecule has 0 saturated heterocycles. The number of ether oxygens (including phenoxy) is 1. The molecule has 1 aromatic carbocycles. The number of hydrogen-bond acceptors (Lipinski definition) is 6. The van der Waals surface area contributed by atoms with Crippen molar-refractivity contribution in [2.75, 3.05) is 19.0 Å². The van der Waals surface area contributed by atoms with Crippen LogP contribution in [0.3, 0.4) is 0 Å². The highest BCUT2D eigenvalue weighted by molar-refractivity contribution is 5.87. The zero-order chi connectivity index (χ0) is 18.3. The van der Waals surface area contributed by atoms with Crippen LogP contribution in [-0.2, 0) is 9.53 Å². The average Bonchev–Trinajstić information content (AvgIpc) is 2.51. The second-order valence-corrected chi connectivity index (χ2v) is 4.66. The number of nitro benzene ring substituents is 1. The van der Waals surface area contributed by atoms with E-state index in [1.54, 1.807) is 0 Å². The zero-order valence-electron chi connectivity index (χ0n) is 12.5. The highest BCUT2D eigenvalue weighted by atomic mass is 19.4. The minimum absolute atomic E-state index is 0.00425. The molecule has 24 heavy (non-hydrogen) atoms. The Balaban J connectivity index is 2.83. The molecular weight excluding hydrogens is 333 g/mol. The number of nitro groups is 1. The number of benzene rings is 1. The number of hydrogen-bond donors (Lipinski definition) is 2. The monoisotopic (exact) mass is 348 g/mol. The first-order valence-corrected chi connectivity index (χ1v) is 6.68. The molecule has 0 spiro atoms. The molecule has 0 bridgehead atoms. The van der Waals surface area contributed by atoms with E-state index in [-0.39, 0.29) is 17.9 Å². The summed E-state index contributed by atoms with van der Waals surface area (Å²) in [7, 11) is 1.18. The van der Waals surface area contributed by atoms with Crippen LogP contribution in [0.25, 0.3) is 6.08 Å². The lowest BCUT2D eigenvalue weighted by atomic mass is 10.1. The lowest BCUT2D eigenvalue weighted by Gasteiger charge is -2.15. The molecule has 7 nitrogen and oxygen atoms in total. The minimum Gasteiger partial charge on any atom is -0.466 e. The summed E-state index contributed by atoms with van der Waals surface area (Å²) in [5, 5.41) is 22.4. The molecule has 2 N–H and O–H groups in total. The van der Waals surface area contributed by atoms with Crippen LogP contribution in [0.2, 0.25) is 0 Å². The van der Waals surface area contributed by atoms with Crippen molar-refractivity contribution < 1.29 is 32.7 Å². The zero-order valence-corrected chi connectivity index (χ0v) is 12.5. The van der Waals surface area contributed by atoms with Crippen LogP contribution in [0.1, 0.15) is 12.0 Å². The number of methoxy groups -OCH3 is 1. The first-order valence-electron chi connectivity index (χ1n) is 6.68. The summed E-state index contributed by atoms with van der Waals surface area (Å²) in [5.41, 5.74) is -0.0268. The lowest BCUT2D eigenvalue weighted by molar-refractivity contribution is -0.384. The van der Waals surface area contributed by atoms with Crippen molar-refractivity contribution in [3.63, 3.8) is 0 Å². The lowest BCUT2D eigenvalue weighted by Crippen LogP contribution is -2.30. The summed E-state index contributed by atoms with van der Waals surface area (Å²) in [4.78, 5) is 21.3. The van der Waals surface area contributed by atoms with Gasteiger partial charge >= 0.3 is 12.1 Å². The van der Waals surface area contributed by atoms with Gasteiger partial charge in [-0.05, 0) is 24.1 Å². The smallest absolute Gasteiger partial charge is 0.414 e. The van der Waals surface area contributed by atoms with Crippen LogP contribution < -0.4 is 5.32 Å². The van der Waals surface area contributed by atoms with Gasteiger partial charge in [0.25, 0.3) is 5.69 Å². The number of carbonyl (C=O) groups is 1. The number of rotatable bonds is 7. The Kier molecular flexibility index (Phi) is 6.71. The Morgan fingerprint density at radius 2 is 2.17 bits per heavy atom. The first-order chi connectivity index (χ1) is 11.1. The molecule has 0 aliphatic heterocycles. The van der Waals surface area contributed by atoms with Gasteiger partial charge in [0.05, 0.1) is 12.0 Å². The number of alkyl halides is 3. The van der Waals surface area contributed by atoms with Gasteiger partial charge in [-0.3, -0.25) is 10.1 Å². The number of esters is 1. The highest BCUT2D eigenvalue weighted by Crippen LogP contribution is 2.27. The predicted octanol–water partition coefficient (Wildman–Crippen LogP) is 2.51. The largest absolute Gasteiger partial charge is 0.466 e. The molecule has 0 aromatic heterocycles. The number of nitrogens with zero attached hydrogens (tertiary/aromatic N) is 1. The van der Waals surface area contributed by atoms with Gasteiger partial charge in [0.15, 0.2) is 6.10 Å². The van der Waals surface area contributed by atoms with Crippen LogP contribution in [0.15, 0.2) is 24.3 Å². The number of carbonyl (C=O) groups excluding carboxylic acids is 1. The van der Waals surface area contributed by atoms with Gasteiger partial charge in [0.2, 0.25) is 0 Å². The molecule has 1 aromatic rings. The van der Waals surface area contributed by atoms with Crippen LogP contribution >= 0.6 is 0 Å². The Bertz CT molecular complexity index is 631. The van der Waals surface area contributed by atoms with E-state index in [4.69, 9.17) is 5.11 Å². The fraction of sp³-hybridized carbons (Fsp3) is 0.357. The van der Waals surface area contributed by atoms with Gasteiger partial charge in [-0.25, -0.2) is 4.79 Å². The maximum atomic E-state index is 12.2. The quantitative estimate of drug-likeness (QED) is 0.340. The third kappa shape index (κ3) is 5.88. The Morgan fingerprint density at radius 3 is 2.71 bits per heavy atom. The topological polar surface area (TPSA) is 102 Å². The first kappa shape index (κ1) is 19.4. The van der Waals surface area contributed by atoms with Gasteiger partial charge in [-0.1, -0.05) is 6.07 Å². The molecule has 0 heterocycles. The van der Waals surface area contributed by atoms with E-state index in [9.17, 15) is 28.1 Å². The van der Waals surface area contributed by atoms with E-state index in [0.29, 0.717) is 5.56 Å². The van der Waals surface area contributed by atoms with Gasteiger partial charge in [-0.15, -0.1) is 0 Å². The Labute approximate surface area is 134 Å². The minimum atomic E-state index is -4.74. The van der Waals surface area contributed by atoms with E-state index in [0.717, 1.165) is 12.1 Å². The molecule has 10 heteroatoms. The fourth-order valence-corrected chi connectivity index (χ4v) is 1.69. The molecule has 0 unspecified atom stereocenters. The average molecular weight is 348 g/mol. The Hall–Kier alpha value is -2.62. The summed E-state index contributed by atoms with van der Waals surface area (Å²) in [6.45, 7) is -0.307. The molecule has 1 rings (SSSR count). The van der Waals surface area contributed by atoms with Crippen LogP contribution in [-0.4, -0.2) is 41.9 Å². The second kappa shape index (κ2) is 8.29. The van der Waals surface area contributed by atoms with Crippen LogP contribution in [0.5, 0.6) is 0 Å². The summed E-state index contributed by atoms with van der Waals surface area (Å²) < 4.78 is 40.9. The van der Waals surface area contributed by atoms with E-state index in [1.165, 1.54) is 25.3 Å². The molecule has 132 valence electrons. The summed E-state index contributed by atoms with van der Waals surface area (Å²) >= 11 is 0. The van der Waals surface area contributed by atoms with Gasteiger partial charge in [0.1, 0.15) is 5.69 Å². The number of anilines is 1. The number of aliphatic hydroxyl groups is 1. The maximum absolute atomic E-state index is 12.2. The number of halogens is 3. The van der Waals surface area contributed by atoms with Crippen molar-refractivity contribution in [3.05, 3.63) is 40.0 Å². The third-order valence-corrected chi connectivity index (χ3v) is 2.94. The molecule has 1 atom stereocenters. The molecule has 0 saturated carbocycles. The SMILES string of the molecule is COC(=O)/C=C\c1ccc(NCC[C@H](O)C(F)(F)F)c([N+](=O)[O-])c1. The fourth-order valence-electron chi connectivity index (χ4n) is 1.69. The molecule has 0 radical (unpaired) electrons. The van der Waals surface area contributed by atoms with Gasteiger partial charge in [-0.2, -0.15) is 13.2 Å². The van der Waals surface area contributed by atoms with Gasteiger partial charge < -0.3 is 15.2 Å². The summed E-state index contributed by atoms with van der Waals surface area (Å²) in [5.74, 6) is -0.638. The number of nitrogens with one attached hydrogen (secondary N) is 1. The Morgan fingerprint density at radius 1 is 1.50 bits per heavy atom. The van der Waals surface area contributed by atoms with Crippen molar-refractivity contribution in [1.29, 1.82) is 0 Å². The van der Waals surface area contributed by atoms with Crippen LogP contribution in [0.4, 0.5) is 24.5 Å². The summed E-state index contributed by atoms with van der Waals surface area (Å²) in [6.07, 6.45) is -5.52. The van der Waals surface area contributed by atoms with Crippen molar-refractivity contribution in [1.82, 2.24) is 0 Å².